The highest BCUT2D eigenvalue weighted by molar-refractivity contribution is 5.75. The van der Waals surface area contributed by atoms with Crippen molar-refractivity contribution in [2.24, 2.45) is 0 Å². The fraction of sp³-hybridized carbons (Fsp3) is 0.333. The van der Waals surface area contributed by atoms with Crippen molar-refractivity contribution in [1.29, 1.82) is 0 Å². The van der Waals surface area contributed by atoms with E-state index in [9.17, 15) is 0 Å². The van der Waals surface area contributed by atoms with Crippen molar-refractivity contribution < 1.29 is 0 Å². The van der Waals surface area contributed by atoms with E-state index in [0.717, 1.165) is 43.2 Å². The van der Waals surface area contributed by atoms with E-state index >= 15 is 0 Å². The summed E-state index contributed by atoms with van der Waals surface area (Å²) in [4.78, 5) is 12.0. The maximum Gasteiger partial charge on any atom is 0.123 e. The number of aryl methyl sites for hydroxylation is 1. The second-order valence-electron chi connectivity index (χ2n) is 4.81. The molecule has 5 nitrogen and oxygen atoms in total. The van der Waals surface area contributed by atoms with Gasteiger partial charge in [0.15, 0.2) is 0 Å². The number of hydrogen-bond donors (Lipinski definition) is 2. The van der Waals surface area contributed by atoms with Gasteiger partial charge in [0.05, 0.1) is 24.1 Å². The first-order chi connectivity index (χ1) is 9.88. The van der Waals surface area contributed by atoms with Crippen LogP contribution in [0.4, 0.5) is 0 Å². The smallest absolute Gasteiger partial charge is 0.123 e. The van der Waals surface area contributed by atoms with E-state index in [0.29, 0.717) is 0 Å². The number of benzene rings is 1. The van der Waals surface area contributed by atoms with Gasteiger partial charge in [-0.05, 0) is 18.6 Å². The Morgan fingerprint density at radius 3 is 2.95 bits per heavy atom. The molecule has 2 N–H and O–H groups in total. The number of para-hydroxylation sites is 2. The average Bonchev–Trinajstić information content (AvgIpc) is 3.08. The Labute approximate surface area is 118 Å². The van der Waals surface area contributed by atoms with Crippen molar-refractivity contribution in [3.05, 3.63) is 48.3 Å². The predicted molar refractivity (Wildman–Crippen MR) is 79.2 cm³/mol. The lowest BCUT2D eigenvalue weighted by atomic mass is 10.3. The van der Waals surface area contributed by atoms with Crippen molar-refractivity contribution in [3.8, 4) is 0 Å². The molecule has 0 fully saturated rings. The first kappa shape index (κ1) is 12.9. The SMILES string of the molecule is CCCn1c(CNCc2ncc[nH]2)nc2ccccc21. The molecule has 3 rings (SSSR count). The molecule has 0 amide bonds. The molecule has 0 aliphatic heterocycles. The lowest BCUT2D eigenvalue weighted by Gasteiger charge is -2.08. The van der Waals surface area contributed by atoms with Gasteiger partial charge in [0.2, 0.25) is 0 Å². The molecule has 1 aromatic carbocycles. The molecular formula is C15H19N5. The Morgan fingerprint density at radius 1 is 1.25 bits per heavy atom. The Balaban J connectivity index is 1.77. The van der Waals surface area contributed by atoms with Gasteiger partial charge in [0.1, 0.15) is 11.6 Å². The third kappa shape index (κ3) is 2.58. The zero-order chi connectivity index (χ0) is 13.8. The van der Waals surface area contributed by atoms with Gasteiger partial charge in [-0.15, -0.1) is 0 Å². The molecule has 0 bridgehead atoms. The van der Waals surface area contributed by atoms with Gasteiger partial charge in [0, 0.05) is 18.9 Å². The highest BCUT2D eigenvalue weighted by Gasteiger charge is 2.09. The summed E-state index contributed by atoms with van der Waals surface area (Å²) in [6, 6.07) is 8.30. The number of H-pyrrole nitrogens is 1. The molecule has 20 heavy (non-hydrogen) atoms. The molecule has 0 radical (unpaired) electrons. The minimum atomic E-state index is 0.725. The maximum absolute atomic E-state index is 4.72. The summed E-state index contributed by atoms with van der Waals surface area (Å²) in [6.45, 7) is 4.66. The van der Waals surface area contributed by atoms with Gasteiger partial charge in [-0.25, -0.2) is 9.97 Å². The summed E-state index contributed by atoms with van der Waals surface area (Å²) in [5, 5.41) is 3.39. The highest BCUT2D eigenvalue weighted by Crippen LogP contribution is 2.16. The number of nitrogens with zero attached hydrogens (tertiary/aromatic N) is 3. The topological polar surface area (TPSA) is 58.5 Å². The normalized spacial score (nSPS) is 11.2. The zero-order valence-electron chi connectivity index (χ0n) is 11.6. The summed E-state index contributed by atoms with van der Waals surface area (Å²) >= 11 is 0. The number of imidazole rings is 2. The fourth-order valence-corrected chi connectivity index (χ4v) is 2.42. The number of hydrogen-bond acceptors (Lipinski definition) is 3. The largest absolute Gasteiger partial charge is 0.348 e. The van der Waals surface area contributed by atoms with Gasteiger partial charge >= 0.3 is 0 Å². The van der Waals surface area contributed by atoms with Crippen LogP contribution in [0.2, 0.25) is 0 Å². The second-order valence-corrected chi connectivity index (χ2v) is 4.81. The number of fused-ring (bicyclic) bond motifs is 1. The molecule has 0 saturated heterocycles. The van der Waals surface area contributed by atoms with Crippen LogP contribution in [-0.2, 0) is 19.6 Å². The highest BCUT2D eigenvalue weighted by atomic mass is 15.1. The number of nitrogens with one attached hydrogen (secondary N) is 2. The van der Waals surface area contributed by atoms with Crippen molar-refractivity contribution >= 4 is 11.0 Å². The lowest BCUT2D eigenvalue weighted by molar-refractivity contribution is 0.590. The first-order valence-corrected chi connectivity index (χ1v) is 7.01. The van der Waals surface area contributed by atoms with E-state index in [1.165, 1.54) is 5.52 Å². The minimum Gasteiger partial charge on any atom is -0.348 e. The van der Waals surface area contributed by atoms with Crippen LogP contribution in [0.1, 0.15) is 25.0 Å². The van der Waals surface area contributed by atoms with Crippen molar-refractivity contribution in [3.63, 3.8) is 0 Å². The Morgan fingerprint density at radius 2 is 2.15 bits per heavy atom. The van der Waals surface area contributed by atoms with Gasteiger partial charge in [-0.1, -0.05) is 19.1 Å². The molecule has 5 heteroatoms. The third-order valence-electron chi connectivity index (χ3n) is 3.31. The standard InChI is InChI=1S/C15H19N5/c1-2-9-20-13-6-4-3-5-12(13)19-15(20)11-16-10-14-17-7-8-18-14/h3-8,16H,2,9-11H2,1H3,(H,17,18). The number of aromatic amines is 1. The summed E-state index contributed by atoms with van der Waals surface area (Å²) in [6.07, 6.45) is 4.71. The van der Waals surface area contributed by atoms with E-state index in [1.54, 1.807) is 6.20 Å². The van der Waals surface area contributed by atoms with Crippen LogP contribution in [0.5, 0.6) is 0 Å². The van der Waals surface area contributed by atoms with Gasteiger partial charge in [0.25, 0.3) is 0 Å². The molecule has 0 aliphatic carbocycles. The Hall–Kier alpha value is -2.14. The zero-order valence-corrected chi connectivity index (χ0v) is 11.6. The van der Waals surface area contributed by atoms with Crippen LogP contribution in [0.25, 0.3) is 11.0 Å². The Bertz CT molecular complexity index is 669. The van der Waals surface area contributed by atoms with Crippen molar-refractivity contribution in [1.82, 2.24) is 24.8 Å². The second kappa shape index (κ2) is 5.88. The molecule has 0 spiro atoms. The molecule has 104 valence electrons. The summed E-state index contributed by atoms with van der Waals surface area (Å²) in [5.41, 5.74) is 2.28. The summed E-state index contributed by atoms with van der Waals surface area (Å²) in [7, 11) is 0. The van der Waals surface area contributed by atoms with Crippen LogP contribution < -0.4 is 5.32 Å². The monoisotopic (exact) mass is 269 g/mol. The van der Waals surface area contributed by atoms with E-state index in [-0.39, 0.29) is 0 Å². The van der Waals surface area contributed by atoms with Gasteiger partial charge in [-0.3, -0.25) is 0 Å². The van der Waals surface area contributed by atoms with Crippen LogP contribution in [0.15, 0.2) is 36.7 Å². The minimum absolute atomic E-state index is 0.725. The molecule has 0 saturated carbocycles. The van der Waals surface area contributed by atoms with Crippen LogP contribution in [0, 0.1) is 0 Å². The van der Waals surface area contributed by atoms with Gasteiger partial charge < -0.3 is 14.9 Å². The predicted octanol–water partition coefficient (Wildman–Crippen LogP) is 2.46. The van der Waals surface area contributed by atoms with E-state index in [1.807, 2.05) is 12.3 Å². The first-order valence-electron chi connectivity index (χ1n) is 7.01. The van der Waals surface area contributed by atoms with E-state index in [2.05, 4.69) is 45.0 Å². The average molecular weight is 269 g/mol. The Kier molecular flexibility index (Phi) is 3.78. The number of aromatic nitrogens is 4. The third-order valence-corrected chi connectivity index (χ3v) is 3.31. The quantitative estimate of drug-likeness (QED) is 0.722. The van der Waals surface area contributed by atoms with Crippen LogP contribution in [0.3, 0.4) is 0 Å². The molecule has 0 unspecified atom stereocenters. The molecule has 2 heterocycles. The molecule has 3 aromatic rings. The van der Waals surface area contributed by atoms with Crippen LogP contribution >= 0.6 is 0 Å². The number of rotatable bonds is 6. The molecular weight excluding hydrogens is 250 g/mol. The van der Waals surface area contributed by atoms with Crippen LogP contribution in [-0.4, -0.2) is 19.5 Å². The van der Waals surface area contributed by atoms with E-state index in [4.69, 9.17) is 4.98 Å². The molecule has 0 aliphatic rings. The van der Waals surface area contributed by atoms with Crippen molar-refractivity contribution in [2.45, 2.75) is 33.0 Å². The van der Waals surface area contributed by atoms with Crippen molar-refractivity contribution in [2.75, 3.05) is 0 Å². The summed E-state index contributed by atoms with van der Waals surface area (Å²) in [5.74, 6) is 2.03. The molecule has 0 atom stereocenters. The summed E-state index contributed by atoms with van der Waals surface area (Å²) < 4.78 is 2.30. The van der Waals surface area contributed by atoms with E-state index < -0.39 is 0 Å². The molecule has 2 aromatic heterocycles. The lowest BCUT2D eigenvalue weighted by Crippen LogP contribution is -2.17. The maximum atomic E-state index is 4.72. The van der Waals surface area contributed by atoms with Gasteiger partial charge in [-0.2, -0.15) is 0 Å². The fourth-order valence-electron chi connectivity index (χ4n) is 2.42.